The zero-order valence-electron chi connectivity index (χ0n) is 12.5. The molecule has 1 nitrogen and oxygen atoms in total. The van der Waals surface area contributed by atoms with Gasteiger partial charge in [0, 0.05) is 5.56 Å². The van der Waals surface area contributed by atoms with Gasteiger partial charge in [0.05, 0.1) is 0 Å². The van der Waals surface area contributed by atoms with Crippen LogP contribution in [-0.4, -0.2) is 5.11 Å². The third-order valence-electron chi connectivity index (χ3n) is 3.50. The summed E-state index contributed by atoms with van der Waals surface area (Å²) in [5.74, 6) is 0.394. The number of benzene rings is 1. The molecule has 1 aromatic rings. The topological polar surface area (TPSA) is 20.2 Å². The number of aromatic hydroxyl groups is 1. The summed E-state index contributed by atoms with van der Waals surface area (Å²) in [7, 11) is 0. The molecular weight excluding hydrogens is 232 g/mol. The summed E-state index contributed by atoms with van der Waals surface area (Å²) >= 11 is 0. The number of rotatable bonds is 9. The molecule has 1 heteroatoms. The predicted octanol–water partition coefficient (Wildman–Crippen LogP) is 5.94. The minimum atomic E-state index is 0.394. The number of hydrogen-bond acceptors (Lipinski definition) is 1. The van der Waals surface area contributed by atoms with Gasteiger partial charge in [-0.3, -0.25) is 0 Å². The van der Waals surface area contributed by atoms with Crippen molar-refractivity contribution in [2.75, 3.05) is 0 Å². The summed E-state index contributed by atoms with van der Waals surface area (Å²) in [5, 5.41) is 9.85. The van der Waals surface area contributed by atoms with Gasteiger partial charge in [-0.1, -0.05) is 69.4 Å². The van der Waals surface area contributed by atoms with E-state index in [1.807, 2.05) is 18.2 Å². The van der Waals surface area contributed by atoms with Crippen molar-refractivity contribution in [3.8, 4) is 5.75 Å². The molecule has 0 heterocycles. The van der Waals surface area contributed by atoms with Crippen LogP contribution >= 0.6 is 0 Å². The van der Waals surface area contributed by atoms with E-state index in [1.165, 1.54) is 50.5 Å². The number of hydrogen-bond donors (Lipinski definition) is 1. The van der Waals surface area contributed by atoms with Crippen LogP contribution in [0.3, 0.4) is 0 Å². The minimum Gasteiger partial charge on any atom is -0.507 e. The first-order valence-corrected chi connectivity index (χ1v) is 7.75. The van der Waals surface area contributed by atoms with E-state index in [4.69, 9.17) is 0 Å². The second-order valence-corrected chi connectivity index (χ2v) is 5.28. The zero-order valence-corrected chi connectivity index (χ0v) is 12.5. The van der Waals surface area contributed by atoms with Gasteiger partial charge in [-0.2, -0.15) is 0 Å². The molecule has 0 aliphatic heterocycles. The van der Waals surface area contributed by atoms with Crippen molar-refractivity contribution in [2.24, 2.45) is 0 Å². The second-order valence-electron chi connectivity index (χ2n) is 5.28. The van der Waals surface area contributed by atoms with E-state index < -0.39 is 0 Å². The molecule has 0 aliphatic carbocycles. The molecule has 1 aromatic carbocycles. The quantitative estimate of drug-likeness (QED) is 0.545. The zero-order chi connectivity index (χ0) is 13.9. The number of para-hydroxylation sites is 1. The third-order valence-corrected chi connectivity index (χ3v) is 3.50. The van der Waals surface area contributed by atoms with Crippen LogP contribution in [0.5, 0.6) is 5.75 Å². The number of phenols is 1. The molecule has 0 amide bonds. The number of unbranched alkanes of at least 4 members (excludes halogenated alkanes) is 4. The van der Waals surface area contributed by atoms with Gasteiger partial charge in [0.2, 0.25) is 0 Å². The molecule has 0 atom stereocenters. The van der Waals surface area contributed by atoms with Gasteiger partial charge in [0.25, 0.3) is 0 Å². The molecule has 0 spiro atoms. The molecule has 0 fully saturated rings. The Kier molecular flexibility index (Phi) is 8.04. The molecule has 106 valence electrons. The predicted molar refractivity (Wildman–Crippen MR) is 84.4 cm³/mol. The van der Waals surface area contributed by atoms with E-state index in [0.717, 1.165) is 12.0 Å². The number of phenolic OH excluding ortho intramolecular Hbond substituents is 1. The van der Waals surface area contributed by atoms with E-state index in [9.17, 15) is 5.11 Å². The average Bonchev–Trinajstić information content (AvgIpc) is 2.43. The fourth-order valence-corrected chi connectivity index (χ4v) is 2.28. The Morgan fingerprint density at radius 1 is 0.947 bits per heavy atom. The number of allylic oxidation sites excluding steroid dienone is 1. The van der Waals surface area contributed by atoms with Gasteiger partial charge < -0.3 is 5.11 Å². The van der Waals surface area contributed by atoms with Gasteiger partial charge in [0.15, 0.2) is 0 Å². The van der Waals surface area contributed by atoms with Crippen molar-refractivity contribution in [1.82, 2.24) is 0 Å². The lowest BCUT2D eigenvalue weighted by molar-refractivity contribution is 0.474. The van der Waals surface area contributed by atoms with Crippen molar-refractivity contribution in [3.63, 3.8) is 0 Å². The van der Waals surface area contributed by atoms with Crippen molar-refractivity contribution in [3.05, 3.63) is 35.4 Å². The van der Waals surface area contributed by atoms with Crippen LogP contribution in [0.15, 0.2) is 29.8 Å². The summed E-state index contributed by atoms with van der Waals surface area (Å²) in [6, 6.07) is 7.62. The molecule has 19 heavy (non-hydrogen) atoms. The maximum atomic E-state index is 9.85. The van der Waals surface area contributed by atoms with Crippen LogP contribution in [0.25, 0.3) is 6.08 Å². The summed E-state index contributed by atoms with van der Waals surface area (Å²) in [4.78, 5) is 0. The summed E-state index contributed by atoms with van der Waals surface area (Å²) in [6.45, 7) is 4.48. The molecule has 0 radical (unpaired) electrons. The van der Waals surface area contributed by atoms with E-state index in [1.54, 1.807) is 6.07 Å². The summed E-state index contributed by atoms with van der Waals surface area (Å²) in [5.41, 5.74) is 2.45. The van der Waals surface area contributed by atoms with Crippen LogP contribution in [0, 0.1) is 0 Å². The first-order valence-electron chi connectivity index (χ1n) is 7.75. The smallest absolute Gasteiger partial charge is 0.122 e. The van der Waals surface area contributed by atoms with Crippen LogP contribution in [0.4, 0.5) is 0 Å². The normalized spacial score (nSPS) is 11.8. The summed E-state index contributed by atoms with van der Waals surface area (Å²) < 4.78 is 0. The van der Waals surface area contributed by atoms with Crippen LogP contribution < -0.4 is 0 Å². The molecule has 1 rings (SSSR count). The maximum absolute atomic E-state index is 9.85. The molecule has 0 aliphatic rings. The molecule has 0 saturated heterocycles. The van der Waals surface area contributed by atoms with Crippen molar-refractivity contribution in [2.45, 2.75) is 65.2 Å². The Labute approximate surface area is 118 Å². The van der Waals surface area contributed by atoms with E-state index >= 15 is 0 Å². The lowest BCUT2D eigenvalue weighted by atomic mass is 9.99. The van der Waals surface area contributed by atoms with Gasteiger partial charge in [-0.25, -0.2) is 0 Å². The van der Waals surface area contributed by atoms with Gasteiger partial charge in [-0.15, -0.1) is 0 Å². The van der Waals surface area contributed by atoms with Crippen molar-refractivity contribution in [1.29, 1.82) is 0 Å². The highest BCUT2D eigenvalue weighted by molar-refractivity contribution is 5.59. The maximum Gasteiger partial charge on any atom is 0.122 e. The first kappa shape index (κ1) is 15.8. The minimum absolute atomic E-state index is 0.394. The Balaban J connectivity index is 2.64. The van der Waals surface area contributed by atoms with Crippen molar-refractivity contribution < 1.29 is 5.11 Å². The Morgan fingerprint density at radius 3 is 2.32 bits per heavy atom. The van der Waals surface area contributed by atoms with E-state index in [2.05, 4.69) is 19.9 Å². The van der Waals surface area contributed by atoms with E-state index in [0.29, 0.717) is 5.75 Å². The highest BCUT2D eigenvalue weighted by Crippen LogP contribution is 2.24. The highest BCUT2D eigenvalue weighted by Gasteiger charge is 2.01. The molecule has 1 N–H and O–H groups in total. The van der Waals surface area contributed by atoms with Crippen LogP contribution in [0.2, 0.25) is 0 Å². The van der Waals surface area contributed by atoms with Crippen molar-refractivity contribution >= 4 is 6.08 Å². The molecular formula is C18H28O. The Morgan fingerprint density at radius 2 is 1.63 bits per heavy atom. The van der Waals surface area contributed by atoms with E-state index in [-0.39, 0.29) is 0 Å². The Hall–Kier alpha value is -1.24. The first-order chi connectivity index (χ1) is 9.27. The van der Waals surface area contributed by atoms with Gasteiger partial charge >= 0.3 is 0 Å². The van der Waals surface area contributed by atoms with Crippen LogP contribution in [-0.2, 0) is 0 Å². The summed E-state index contributed by atoms with van der Waals surface area (Å²) in [6.07, 6.45) is 12.2. The second kappa shape index (κ2) is 9.66. The molecule has 0 unspecified atom stereocenters. The average molecular weight is 260 g/mol. The third kappa shape index (κ3) is 6.47. The largest absolute Gasteiger partial charge is 0.507 e. The van der Waals surface area contributed by atoms with Gasteiger partial charge in [-0.05, 0) is 31.7 Å². The van der Waals surface area contributed by atoms with Crippen LogP contribution in [0.1, 0.15) is 70.8 Å². The van der Waals surface area contributed by atoms with Gasteiger partial charge in [0.1, 0.15) is 5.75 Å². The molecule has 0 aromatic heterocycles. The Bertz CT molecular complexity index is 379. The fraction of sp³-hybridized carbons (Fsp3) is 0.556. The molecule has 0 bridgehead atoms. The lowest BCUT2D eigenvalue weighted by Crippen LogP contribution is -1.87. The lowest BCUT2D eigenvalue weighted by Gasteiger charge is -2.08. The fourth-order valence-electron chi connectivity index (χ4n) is 2.28. The standard InChI is InChI=1S/C18H28O/c1-3-5-7-8-12-16(11-6-4-2)15-17-13-9-10-14-18(17)19/h9-10,13-15,19H,3-8,11-12H2,1-2H3/b16-15-. The molecule has 0 saturated carbocycles. The SMILES string of the molecule is CCCCCC/C(=C\c1ccccc1O)CCCC. The highest BCUT2D eigenvalue weighted by atomic mass is 16.3. The monoisotopic (exact) mass is 260 g/mol.